The summed E-state index contributed by atoms with van der Waals surface area (Å²) in [4.78, 5) is 38.7. The highest BCUT2D eigenvalue weighted by Gasteiger charge is 2.30. The first-order chi connectivity index (χ1) is 16.4. The molecule has 0 spiro atoms. The fourth-order valence-corrected chi connectivity index (χ4v) is 4.17. The van der Waals surface area contributed by atoms with Crippen LogP contribution >= 0.6 is 0 Å². The Morgan fingerprint density at radius 2 is 2.03 bits per heavy atom. The number of nitrogens with zero attached hydrogens (tertiary/aromatic N) is 3. The second kappa shape index (κ2) is 11.5. The van der Waals surface area contributed by atoms with Gasteiger partial charge in [-0.2, -0.15) is 0 Å². The number of amides is 1. The van der Waals surface area contributed by atoms with Crippen molar-refractivity contribution in [3.8, 4) is 5.75 Å². The highest BCUT2D eigenvalue weighted by atomic mass is 16.5. The number of likely N-dealkylation sites (tertiary alicyclic amines) is 1. The predicted molar refractivity (Wildman–Crippen MR) is 124 cm³/mol. The number of piperidine rings is 1. The molecule has 1 aromatic carbocycles. The minimum atomic E-state index is -0.631. The van der Waals surface area contributed by atoms with Crippen LogP contribution in [0.5, 0.6) is 5.75 Å². The van der Waals surface area contributed by atoms with Crippen molar-refractivity contribution < 1.29 is 29.0 Å². The number of carbonyl (C=O) groups excluding carboxylic acids is 1. The van der Waals surface area contributed by atoms with Crippen molar-refractivity contribution in [2.75, 3.05) is 19.7 Å². The van der Waals surface area contributed by atoms with Gasteiger partial charge in [0.05, 0.1) is 0 Å². The molecular formula is C24H29N3O7. The van der Waals surface area contributed by atoms with Crippen molar-refractivity contribution >= 4 is 23.3 Å². The van der Waals surface area contributed by atoms with Gasteiger partial charge in [-0.05, 0) is 42.9 Å². The zero-order chi connectivity index (χ0) is 24.7. The third-order valence-corrected chi connectivity index (χ3v) is 6.01. The quantitative estimate of drug-likeness (QED) is 0.412. The molecule has 1 saturated heterocycles. The van der Waals surface area contributed by atoms with E-state index in [1.165, 1.54) is 6.07 Å². The molecule has 0 aliphatic carbocycles. The number of fused-ring (bicyclic) bond motifs is 1. The van der Waals surface area contributed by atoms with Gasteiger partial charge in [0.2, 0.25) is 0 Å². The maximum Gasteiger partial charge on any atom is 0.336 e. The minimum absolute atomic E-state index is 0.0715. The van der Waals surface area contributed by atoms with Gasteiger partial charge in [-0.1, -0.05) is 6.92 Å². The highest BCUT2D eigenvalue weighted by molar-refractivity contribution is 5.82. The van der Waals surface area contributed by atoms with Crippen molar-refractivity contribution in [1.29, 1.82) is 0 Å². The average Bonchev–Trinajstić information content (AvgIpc) is 3.27. The molecule has 1 aliphatic heterocycles. The van der Waals surface area contributed by atoms with Gasteiger partial charge < -0.3 is 28.8 Å². The van der Waals surface area contributed by atoms with Crippen molar-refractivity contribution in [1.82, 2.24) is 14.5 Å². The Kier molecular flexibility index (Phi) is 8.42. The Balaban J connectivity index is 0.00000103. The second-order valence-corrected chi connectivity index (χ2v) is 8.06. The van der Waals surface area contributed by atoms with Gasteiger partial charge in [0.15, 0.2) is 6.61 Å². The van der Waals surface area contributed by atoms with Crippen molar-refractivity contribution in [3.63, 3.8) is 0 Å². The molecular weight excluding hydrogens is 442 g/mol. The molecule has 0 saturated carbocycles. The van der Waals surface area contributed by atoms with E-state index in [1.807, 2.05) is 30.8 Å². The van der Waals surface area contributed by atoms with E-state index in [2.05, 4.69) is 4.98 Å². The summed E-state index contributed by atoms with van der Waals surface area (Å²) in [6.45, 7) is 2.78. The summed E-state index contributed by atoms with van der Waals surface area (Å²) < 4.78 is 12.8. The molecule has 1 unspecified atom stereocenters. The van der Waals surface area contributed by atoms with Crippen LogP contribution in [0.4, 0.5) is 0 Å². The summed E-state index contributed by atoms with van der Waals surface area (Å²) in [6, 6.07) is 6.78. The highest BCUT2D eigenvalue weighted by Crippen LogP contribution is 2.30. The number of ether oxygens (including phenoxy) is 1. The fraction of sp³-hybridized carbons (Fsp3) is 0.417. The lowest BCUT2D eigenvalue weighted by Crippen LogP contribution is -2.42. The molecule has 1 atom stereocenters. The number of carboxylic acid groups (broad SMARTS) is 1. The van der Waals surface area contributed by atoms with Gasteiger partial charge in [-0.15, -0.1) is 0 Å². The van der Waals surface area contributed by atoms with Gasteiger partial charge in [-0.3, -0.25) is 9.59 Å². The first kappa shape index (κ1) is 25.0. The van der Waals surface area contributed by atoms with Crippen LogP contribution in [0.2, 0.25) is 0 Å². The zero-order valence-corrected chi connectivity index (χ0v) is 19.2. The van der Waals surface area contributed by atoms with Gasteiger partial charge in [0.25, 0.3) is 12.4 Å². The lowest BCUT2D eigenvalue weighted by atomic mass is 9.90. The Labute approximate surface area is 196 Å². The van der Waals surface area contributed by atoms with E-state index < -0.39 is 11.7 Å². The summed E-state index contributed by atoms with van der Waals surface area (Å²) in [5.41, 5.74) is 0.982. The van der Waals surface area contributed by atoms with E-state index in [0.717, 1.165) is 17.4 Å². The molecule has 1 amide bonds. The number of aliphatic hydroxyl groups excluding tert-OH is 1. The van der Waals surface area contributed by atoms with Gasteiger partial charge in [0.1, 0.15) is 23.3 Å². The van der Waals surface area contributed by atoms with E-state index in [4.69, 9.17) is 19.1 Å². The van der Waals surface area contributed by atoms with Crippen LogP contribution in [-0.4, -0.2) is 56.7 Å². The van der Waals surface area contributed by atoms with E-state index >= 15 is 0 Å². The van der Waals surface area contributed by atoms with Crippen LogP contribution in [0.1, 0.15) is 37.3 Å². The SMILES string of the molecule is CCc1cc(=O)oc2cc(OCC(=O)N3CCC(C(O)c4nccn4C)CC3)ccc12.O=CO. The lowest BCUT2D eigenvalue weighted by Gasteiger charge is -2.34. The number of rotatable bonds is 6. The normalized spacial score (nSPS) is 14.9. The number of aryl methyl sites for hydroxylation is 2. The predicted octanol–water partition coefficient (Wildman–Crippen LogP) is 2.14. The van der Waals surface area contributed by atoms with Crippen molar-refractivity contribution in [2.45, 2.75) is 32.3 Å². The van der Waals surface area contributed by atoms with Crippen LogP contribution < -0.4 is 10.4 Å². The Hall–Kier alpha value is -3.66. The first-order valence-corrected chi connectivity index (χ1v) is 11.1. The minimum Gasteiger partial charge on any atom is -0.484 e. The van der Waals surface area contributed by atoms with E-state index in [0.29, 0.717) is 43.1 Å². The molecule has 0 bridgehead atoms. The van der Waals surface area contributed by atoms with E-state index in [1.54, 1.807) is 23.2 Å². The van der Waals surface area contributed by atoms with Gasteiger partial charge >= 0.3 is 5.63 Å². The van der Waals surface area contributed by atoms with Crippen molar-refractivity contribution in [2.24, 2.45) is 13.0 Å². The number of benzene rings is 1. The molecule has 10 nitrogen and oxygen atoms in total. The van der Waals surface area contributed by atoms with Gasteiger partial charge in [0, 0.05) is 50.0 Å². The molecule has 10 heteroatoms. The molecule has 2 N–H and O–H groups in total. The molecule has 4 rings (SSSR count). The molecule has 182 valence electrons. The van der Waals surface area contributed by atoms with Crippen LogP contribution in [-0.2, 0) is 23.1 Å². The topological polar surface area (TPSA) is 135 Å². The average molecular weight is 472 g/mol. The molecule has 1 fully saturated rings. The Morgan fingerprint density at radius 3 is 2.65 bits per heavy atom. The van der Waals surface area contributed by atoms with Crippen LogP contribution in [0.3, 0.4) is 0 Å². The van der Waals surface area contributed by atoms with Crippen LogP contribution in [0, 0.1) is 5.92 Å². The Morgan fingerprint density at radius 1 is 1.32 bits per heavy atom. The standard InChI is InChI=1S/C23H27N3O5.CH2O2/c1-3-15-12-21(28)31-19-13-17(4-5-18(15)19)30-14-20(27)26-9-6-16(7-10-26)22(29)23-24-8-11-25(23)2;2-1-3/h4-5,8,11-13,16,22,29H,3,6-7,9-10,14H2,1-2H3;1H,(H,2,3). The van der Waals surface area contributed by atoms with Gasteiger partial charge in [-0.25, -0.2) is 9.78 Å². The van der Waals surface area contributed by atoms with Crippen LogP contribution in [0.25, 0.3) is 11.0 Å². The molecule has 34 heavy (non-hydrogen) atoms. The molecule has 0 radical (unpaired) electrons. The lowest BCUT2D eigenvalue weighted by molar-refractivity contribution is -0.135. The molecule has 3 aromatic rings. The molecule has 1 aliphatic rings. The van der Waals surface area contributed by atoms with E-state index in [9.17, 15) is 14.7 Å². The third kappa shape index (κ3) is 5.82. The summed E-state index contributed by atoms with van der Waals surface area (Å²) >= 11 is 0. The summed E-state index contributed by atoms with van der Waals surface area (Å²) in [6.07, 6.45) is 5.01. The smallest absolute Gasteiger partial charge is 0.336 e. The number of imidazole rings is 1. The zero-order valence-electron chi connectivity index (χ0n) is 19.2. The number of hydrogen-bond acceptors (Lipinski definition) is 7. The maximum absolute atomic E-state index is 12.6. The van der Waals surface area contributed by atoms with Crippen molar-refractivity contribution in [3.05, 3.63) is 58.5 Å². The van der Waals surface area contributed by atoms with Crippen LogP contribution in [0.15, 0.2) is 45.9 Å². The first-order valence-electron chi connectivity index (χ1n) is 11.1. The van der Waals surface area contributed by atoms with E-state index in [-0.39, 0.29) is 24.9 Å². The fourth-order valence-electron chi connectivity index (χ4n) is 4.17. The summed E-state index contributed by atoms with van der Waals surface area (Å²) in [7, 11) is 1.86. The maximum atomic E-state index is 12.6. The second-order valence-electron chi connectivity index (χ2n) is 8.06. The number of carbonyl (C=O) groups is 2. The molecule has 2 aromatic heterocycles. The largest absolute Gasteiger partial charge is 0.484 e. The molecule has 3 heterocycles. The number of aromatic nitrogens is 2. The summed E-state index contributed by atoms with van der Waals surface area (Å²) in [5, 5.41) is 18.4. The monoisotopic (exact) mass is 471 g/mol. The third-order valence-electron chi connectivity index (χ3n) is 6.01. The number of hydrogen-bond donors (Lipinski definition) is 2. The number of aliphatic hydroxyl groups is 1. The summed E-state index contributed by atoms with van der Waals surface area (Å²) in [5.74, 6) is 1.11. The Bertz CT molecular complexity index is 1180.